The van der Waals surface area contributed by atoms with E-state index in [1.165, 1.54) is 7.11 Å². The molecule has 5 heteroatoms. The topological polar surface area (TPSA) is 48.1 Å². The van der Waals surface area contributed by atoms with E-state index < -0.39 is 9.04 Å². The number of carbonyl (C=O) groups excluding carboxylic acids is 1. The maximum atomic E-state index is 11.7. The number of methoxy groups -OCH3 is 1. The second kappa shape index (κ2) is 7.81. The van der Waals surface area contributed by atoms with Crippen LogP contribution in [0.25, 0.3) is 0 Å². The molecule has 4 nitrogen and oxygen atoms in total. The van der Waals surface area contributed by atoms with E-state index in [1.807, 2.05) is 18.2 Å². The third-order valence-electron chi connectivity index (χ3n) is 4.55. The number of rotatable bonds is 7. The molecule has 3 atom stereocenters. The Kier molecular flexibility index (Phi) is 6.23. The molecule has 1 unspecified atom stereocenters. The highest BCUT2D eigenvalue weighted by Crippen LogP contribution is 2.50. The summed E-state index contributed by atoms with van der Waals surface area (Å²) in [5.41, 5.74) is 1.78. The molecule has 1 fully saturated rings. The first-order chi connectivity index (χ1) is 11.2. The maximum absolute atomic E-state index is 11.7. The van der Waals surface area contributed by atoms with Crippen molar-refractivity contribution in [1.29, 1.82) is 0 Å². The van der Waals surface area contributed by atoms with Gasteiger partial charge in [-0.3, -0.25) is 0 Å². The highest BCUT2D eigenvalue weighted by molar-refractivity contribution is 6.48. The largest absolute Gasteiger partial charge is 0.465 e. The van der Waals surface area contributed by atoms with Crippen LogP contribution in [0.1, 0.15) is 49.2 Å². The van der Waals surface area contributed by atoms with Crippen LogP contribution in [0, 0.1) is 11.3 Å². The van der Waals surface area contributed by atoms with Crippen LogP contribution in [0.3, 0.4) is 0 Å². The van der Waals surface area contributed by atoms with Gasteiger partial charge in [0.25, 0.3) is 0 Å². The summed E-state index contributed by atoms with van der Waals surface area (Å²) in [5.74, 6) is 0.119. The maximum Gasteiger partial charge on any atom is 0.337 e. The van der Waals surface area contributed by atoms with Crippen LogP contribution in [0.2, 0.25) is 13.1 Å². The first-order valence-corrected chi connectivity index (χ1v) is 11.5. The molecule has 0 saturated carbocycles. The van der Waals surface area contributed by atoms with E-state index in [-0.39, 0.29) is 23.6 Å². The molecule has 0 amide bonds. The summed E-state index contributed by atoms with van der Waals surface area (Å²) in [7, 11) is 0.418. The van der Waals surface area contributed by atoms with Crippen LogP contribution in [-0.2, 0) is 13.9 Å². The summed E-state index contributed by atoms with van der Waals surface area (Å²) in [6.45, 7) is 12.0. The molecule has 0 radical (unpaired) electrons. The summed E-state index contributed by atoms with van der Waals surface area (Å²) >= 11 is 0. The lowest BCUT2D eigenvalue weighted by atomic mass is 9.75. The van der Waals surface area contributed by atoms with Gasteiger partial charge < -0.3 is 13.9 Å². The summed E-state index contributed by atoms with van der Waals surface area (Å²) in [4.78, 5) is 11.7. The predicted octanol–water partition coefficient (Wildman–Crippen LogP) is 3.97. The Bertz CT molecular complexity index is 565. The smallest absolute Gasteiger partial charge is 0.337 e. The minimum atomic E-state index is -0.984. The van der Waals surface area contributed by atoms with Gasteiger partial charge in [0.1, 0.15) is 6.10 Å². The van der Waals surface area contributed by atoms with Crippen molar-refractivity contribution in [2.24, 2.45) is 11.3 Å². The van der Waals surface area contributed by atoms with Gasteiger partial charge in [-0.15, -0.1) is 0 Å². The fourth-order valence-corrected chi connectivity index (χ4v) is 3.79. The van der Waals surface area contributed by atoms with Gasteiger partial charge in [0.2, 0.25) is 0 Å². The Morgan fingerprint density at radius 2 is 2.04 bits per heavy atom. The quantitative estimate of drug-likeness (QED) is 0.424. The SMILES string of the molecule is COC(=O)c1cccc([C@@H]2O[C@H]2C(CCO[SiH](C)C)C(C)(C)C)c1. The molecule has 1 aromatic carbocycles. The molecule has 0 aromatic heterocycles. The summed E-state index contributed by atoms with van der Waals surface area (Å²) < 4.78 is 16.7. The number of benzene rings is 1. The Morgan fingerprint density at radius 3 is 2.62 bits per heavy atom. The van der Waals surface area contributed by atoms with Gasteiger partial charge >= 0.3 is 5.97 Å². The van der Waals surface area contributed by atoms with Gasteiger partial charge in [-0.05, 0) is 48.5 Å². The number of epoxide rings is 1. The van der Waals surface area contributed by atoms with Crippen molar-refractivity contribution in [2.45, 2.75) is 52.5 Å². The van der Waals surface area contributed by atoms with Gasteiger partial charge in [0, 0.05) is 6.61 Å². The van der Waals surface area contributed by atoms with Crippen molar-refractivity contribution in [3.63, 3.8) is 0 Å². The van der Waals surface area contributed by atoms with E-state index in [1.54, 1.807) is 6.07 Å². The third kappa shape index (κ3) is 4.91. The number of hydrogen-bond acceptors (Lipinski definition) is 4. The minimum Gasteiger partial charge on any atom is -0.465 e. The Morgan fingerprint density at radius 1 is 1.33 bits per heavy atom. The molecule has 1 heterocycles. The summed E-state index contributed by atoms with van der Waals surface area (Å²) in [6, 6.07) is 7.57. The van der Waals surface area contributed by atoms with E-state index in [4.69, 9.17) is 13.9 Å². The normalized spacial score (nSPS) is 21.6. The molecular weight excluding hydrogens is 320 g/mol. The van der Waals surface area contributed by atoms with Crippen molar-refractivity contribution in [2.75, 3.05) is 13.7 Å². The molecule has 1 saturated heterocycles. The predicted molar refractivity (Wildman–Crippen MR) is 97.8 cm³/mol. The molecule has 1 aliphatic heterocycles. The Hall–Kier alpha value is -1.17. The van der Waals surface area contributed by atoms with Crippen molar-refractivity contribution < 1.29 is 18.7 Å². The van der Waals surface area contributed by atoms with Gasteiger partial charge in [0.05, 0.1) is 18.8 Å². The van der Waals surface area contributed by atoms with Gasteiger partial charge in [-0.2, -0.15) is 0 Å². The van der Waals surface area contributed by atoms with Crippen molar-refractivity contribution in [1.82, 2.24) is 0 Å². The molecule has 134 valence electrons. The zero-order chi connectivity index (χ0) is 17.9. The molecule has 0 aliphatic carbocycles. The van der Waals surface area contributed by atoms with E-state index >= 15 is 0 Å². The molecule has 0 bridgehead atoms. The first kappa shape index (κ1) is 19.2. The number of hydrogen-bond donors (Lipinski definition) is 0. The van der Waals surface area contributed by atoms with Crippen LogP contribution in [-0.4, -0.2) is 34.8 Å². The van der Waals surface area contributed by atoms with Crippen LogP contribution in [0.5, 0.6) is 0 Å². The van der Waals surface area contributed by atoms with E-state index in [0.29, 0.717) is 11.5 Å². The van der Waals surface area contributed by atoms with E-state index in [2.05, 4.69) is 33.9 Å². The molecule has 1 aliphatic rings. The van der Waals surface area contributed by atoms with Gasteiger partial charge in [-0.1, -0.05) is 32.9 Å². The molecular formula is C19H30O4Si. The van der Waals surface area contributed by atoms with E-state index in [9.17, 15) is 4.79 Å². The third-order valence-corrected chi connectivity index (χ3v) is 5.45. The molecule has 0 N–H and O–H groups in total. The minimum absolute atomic E-state index is 0.0649. The van der Waals surface area contributed by atoms with Crippen LogP contribution >= 0.6 is 0 Å². The van der Waals surface area contributed by atoms with Crippen LogP contribution < -0.4 is 0 Å². The lowest BCUT2D eigenvalue weighted by Crippen LogP contribution is -2.28. The Balaban J connectivity index is 2.06. The molecule has 0 spiro atoms. The average molecular weight is 351 g/mol. The second-order valence-electron chi connectivity index (χ2n) is 7.82. The number of carbonyl (C=O) groups is 1. The monoisotopic (exact) mass is 350 g/mol. The van der Waals surface area contributed by atoms with Crippen molar-refractivity contribution in [3.05, 3.63) is 35.4 Å². The zero-order valence-corrected chi connectivity index (χ0v) is 16.8. The van der Waals surface area contributed by atoms with Crippen molar-refractivity contribution >= 4 is 15.0 Å². The van der Waals surface area contributed by atoms with E-state index in [0.717, 1.165) is 18.6 Å². The molecule has 1 aromatic rings. The summed E-state index contributed by atoms with van der Waals surface area (Å²) in [6.07, 6.45) is 1.26. The molecule has 24 heavy (non-hydrogen) atoms. The lowest BCUT2D eigenvalue weighted by molar-refractivity contribution is 0.0600. The summed E-state index contributed by atoms with van der Waals surface area (Å²) in [5, 5.41) is 0. The van der Waals surface area contributed by atoms with Crippen LogP contribution in [0.4, 0.5) is 0 Å². The molecule has 2 rings (SSSR count). The lowest BCUT2D eigenvalue weighted by Gasteiger charge is -2.30. The van der Waals surface area contributed by atoms with Crippen LogP contribution in [0.15, 0.2) is 24.3 Å². The zero-order valence-electron chi connectivity index (χ0n) is 15.7. The first-order valence-electron chi connectivity index (χ1n) is 8.69. The van der Waals surface area contributed by atoms with Crippen molar-refractivity contribution in [3.8, 4) is 0 Å². The average Bonchev–Trinajstić information content (AvgIpc) is 3.29. The highest BCUT2D eigenvalue weighted by atomic mass is 28.3. The number of ether oxygens (including phenoxy) is 2. The highest BCUT2D eigenvalue weighted by Gasteiger charge is 2.49. The fourth-order valence-electron chi connectivity index (χ4n) is 3.18. The standard InChI is InChI=1S/C19H30O4Si/c1-19(2,3)15(10-11-22-24(5)6)17-16(23-17)13-8-7-9-14(12-13)18(20)21-4/h7-9,12,15-17,24H,10-11H2,1-6H3/t15?,16-,17-/m0/s1. The fraction of sp³-hybridized carbons (Fsp3) is 0.632. The van der Waals surface area contributed by atoms with Gasteiger partial charge in [0.15, 0.2) is 9.04 Å². The van der Waals surface area contributed by atoms with Gasteiger partial charge in [-0.25, -0.2) is 4.79 Å². The number of esters is 1. The Labute approximate surface area is 147 Å². The second-order valence-corrected chi connectivity index (χ2v) is 10.2.